The Morgan fingerprint density at radius 2 is 1.86 bits per heavy atom. The lowest BCUT2D eigenvalue weighted by Crippen LogP contribution is -2.20. The van der Waals surface area contributed by atoms with E-state index in [0.717, 1.165) is 10.0 Å². The molecule has 2 N–H and O–H groups in total. The van der Waals surface area contributed by atoms with Crippen LogP contribution in [-0.2, 0) is 11.2 Å². The fourth-order valence-electron chi connectivity index (χ4n) is 1.86. The van der Waals surface area contributed by atoms with E-state index in [-0.39, 0.29) is 19.1 Å². The molecule has 2 aromatic rings. The Morgan fingerprint density at radius 1 is 1.14 bits per heavy atom. The molecule has 0 aliphatic heterocycles. The molecule has 0 saturated heterocycles. The average molecular weight is 350 g/mol. The Kier molecular flexibility index (Phi) is 5.78. The van der Waals surface area contributed by atoms with E-state index in [1.807, 2.05) is 42.5 Å². The molecule has 0 fully saturated rings. The summed E-state index contributed by atoms with van der Waals surface area (Å²) in [7, 11) is 0. The van der Waals surface area contributed by atoms with Crippen molar-refractivity contribution in [2.45, 2.75) is 6.42 Å². The zero-order valence-corrected chi connectivity index (χ0v) is 13.0. The molecule has 0 aliphatic rings. The van der Waals surface area contributed by atoms with Crippen molar-refractivity contribution in [1.82, 2.24) is 0 Å². The van der Waals surface area contributed by atoms with Crippen LogP contribution in [-0.4, -0.2) is 24.2 Å². The van der Waals surface area contributed by atoms with Gasteiger partial charge in [0.1, 0.15) is 5.75 Å². The number of nitrogens with one attached hydrogen (secondary N) is 1. The molecule has 4 nitrogen and oxygen atoms in total. The summed E-state index contributed by atoms with van der Waals surface area (Å²) in [4.78, 5) is 11.9. The van der Waals surface area contributed by atoms with Gasteiger partial charge in [-0.2, -0.15) is 0 Å². The number of halogens is 1. The van der Waals surface area contributed by atoms with Gasteiger partial charge < -0.3 is 15.2 Å². The van der Waals surface area contributed by atoms with Crippen molar-refractivity contribution in [2.24, 2.45) is 0 Å². The molecule has 21 heavy (non-hydrogen) atoms. The van der Waals surface area contributed by atoms with Gasteiger partial charge in [-0.05, 0) is 46.1 Å². The molecule has 1 amide bonds. The van der Waals surface area contributed by atoms with Gasteiger partial charge in [-0.3, -0.25) is 4.79 Å². The first kappa shape index (κ1) is 15.5. The van der Waals surface area contributed by atoms with Crippen LogP contribution >= 0.6 is 15.9 Å². The summed E-state index contributed by atoms with van der Waals surface area (Å²) in [5, 5.41) is 11.8. The fraction of sp³-hybridized carbons (Fsp3) is 0.188. The Balaban J connectivity index is 1.94. The molecule has 5 heteroatoms. The molecular weight excluding hydrogens is 334 g/mol. The van der Waals surface area contributed by atoms with Gasteiger partial charge in [-0.25, -0.2) is 0 Å². The topological polar surface area (TPSA) is 58.6 Å². The number of hydrogen-bond donors (Lipinski definition) is 2. The Bertz CT molecular complexity index is 616. The molecule has 0 atom stereocenters. The highest BCUT2D eigenvalue weighted by molar-refractivity contribution is 9.10. The van der Waals surface area contributed by atoms with Gasteiger partial charge in [0, 0.05) is 11.1 Å². The lowest BCUT2D eigenvalue weighted by Gasteiger charge is -2.11. The summed E-state index contributed by atoms with van der Waals surface area (Å²) in [5.74, 6) is 0.384. The van der Waals surface area contributed by atoms with Crippen molar-refractivity contribution < 1.29 is 14.6 Å². The molecule has 0 aromatic heterocycles. The zero-order valence-electron chi connectivity index (χ0n) is 11.4. The SMILES string of the molecule is O=C(COc1ccccc1CCO)Nc1ccccc1Br. The first-order valence-corrected chi connectivity index (χ1v) is 7.36. The molecule has 2 aromatic carbocycles. The summed E-state index contributed by atoms with van der Waals surface area (Å²) in [6.07, 6.45) is 0.502. The van der Waals surface area contributed by atoms with E-state index in [1.165, 1.54) is 0 Å². The third kappa shape index (κ3) is 4.58. The molecule has 2 rings (SSSR count). The summed E-state index contributed by atoms with van der Waals surface area (Å²) >= 11 is 3.37. The monoisotopic (exact) mass is 349 g/mol. The minimum atomic E-state index is -0.235. The van der Waals surface area contributed by atoms with Gasteiger partial charge in [-0.15, -0.1) is 0 Å². The van der Waals surface area contributed by atoms with Crippen LogP contribution in [0.25, 0.3) is 0 Å². The standard InChI is InChI=1S/C16H16BrNO3/c17-13-6-2-3-7-14(13)18-16(20)11-21-15-8-4-1-5-12(15)9-10-19/h1-8,19H,9-11H2,(H,18,20). The van der Waals surface area contributed by atoms with Crippen molar-refractivity contribution in [3.63, 3.8) is 0 Å². The predicted octanol–water partition coefficient (Wildman–Crippen LogP) is 3.00. The van der Waals surface area contributed by atoms with E-state index in [2.05, 4.69) is 21.2 Å². The van der Waals surface area contributed by atoms with E-state index in [1.54, 1.807) is 6.07 Å². The largest absolute Gasteiger partial charge is 0.483 e. The quantitative estimate of drug-likeness (QED) is 0.842. The number of rotatable bonds is 6. The highest BCUT2D eigenvalue weighted by Crippen LogP contribution is 2.21. The number of para-hydroxylation sites is 2. The summed E-state index contributed by atoms with van der Waals surface area (Å²) < 4.78 is 6.34. The van der Waals surface area contributed by atoms with Crippen molar-refractivity contribution >= 4 is 27.5 Å². The third-order valence-corrected chi connectivity index (χ3v) is 3.55. The van der Waals surface area contributed by atoms with Gasteiger partial charge in [-0.1, -0.05) is 30.3 Å². The summed E-state index contributed by atoms with van der Waals surface area (Å²) in [6, 6.07) is 14.8. The minimum Gasteiger partial charge on any atom is -0.483 e. The molecule has 0 bridgehead atoms. The zero-order chi connectivity index (χ0) is 15.1. The first-order chi connectivity index (χ1) is 10.2. The number of aliphatic hydroxyl groups excluding tert-OH is 1. The predicted molar refractivity (Wildman–Crippen MR) is 85.5 cm³/mol. The van der Waals surface area contributed by atoms with Crippen LogP contribution in [0, 0.1) is 0 Å². The van der Waals surface area contributed by atoms with Crippen molar-refractivity contribution in [2.75, 3.05) is 18.5 Å². The Morgan fingerprint density at radius 3 is 2.62 bits per heavy atom. The highest BCUT2D eigenvalue weighted by Gasteiger charge is 2.08. The number of carbonyl (C=O) groups is 1. The maximum Gasteiger partial charge on any atom is 0.262 e. The van der Waals surface area contributed by atoms with Crippen LogP contribution < -0.4 is 10.1 Å². The second-order valence-electron chi connectivity index (χ2n) is 4.40. The molecule has 0 saturated carbocycles. The van der Waals surface area contributed by atoms with Crippen molar-refractivity contribution in [3.8, 4) is 5.75 Å². The van der Waals surface area contributed by atoms with Gasteiger partial charge in [0.05, 0.1) is 5.69 Å². The molecule has 0 radical (unpaired) electrons. The van der Waals surface area contributed by atoms with E-state index in [0.29, 0.717) is 17.9 Å². The van der Waals surface area contributed by atoms with E-state index < -0.39 is 0 Å². The normalized spacial score (nSPS) is 10.2. The molecular formula is C16H16BrNO3. The summed E-state index contributed by atoms with van der Waals surface area (Å²) in [5.41, 5.74) is 1.59. The van der Waals surface area contributed by atoms with E-state index >= 15 is 0 Å². The number of carbonyl (C=O) groups excluding carboxylic acids is 1. The number of benzene rings is 2. The molecule has 0 heterocycles. The maximum absolute atomic E-state index is 11.9. The van der Waals surface area contributed by atoms with Crippen LogP contribution in [0.4, 0.5) is 5.69 Å². The molecule has 0 aliphatic carbocycles. The lowest BCUT2D eigenvalue weighted by molar-refractivity contribution is -0.118. The fourth-order valence-corrected chi connectivity index (χ4v) is 2.25. The number of hydrogen-bond acceptors (Lipinski definition) is 3. The van der Waals surface area contributed by atoms with Crippen LogP contribution in [0.2, 0.25) is 0 Å². The van der Waals surface area contributed by atoms with Crippen LogP contribution in [0.3, 0.4) is 0 Å². The number of amides is 1. The first-order valence-electron chi connectivity index (χ1n) is 6.56. The molecule has 0 unspecified atom stereocenters. The molecule has 110 valence electrons. The summed E-state index contributed by atoms with van der Waals surface area (Å²) in [6.45, 7) is -0.0344. The van der Waals surface area contributed by atoms with Crippen LogP contribution in [0.5, 0.6) is 5.75 Å². The van der Waals surface area contributed by atoms with Crippen LogP contribution in [0.1, 0.15) is 5.56 Å². The lowest BCUT2D eigenvalue weighted by atomic mass is 10.1. The number of aliphatic hydroxyl groups is 1. The Hall–Kier alpha value is -1.85. The Labute approximate surface area is 131 Å². The maximum atomic E-state index is 11.9. The van der Waals surface area contributed by atoms with Crippen LogP contribution in [0.15, 0.2) is 53.0 Å². The molecule has 0 spiro atoms. The van der Waals surface area contributed by atoms with Gasteiger partial charge in [0.15, 0.2) is 6.61 Å². The smallest absolute Gasteiger partial charge is 0.262 e. The number of anilines is 1. The van der Waals surface area contributed by atoms with Gasteiger partial charge in [0.2, 0.25) is 0 Å². The second-order valence-corrected chi connectivity index (χ2v) is 5.25. The number of ether oxygens (including phenoxy) is 1. The average Bonchev–Trinajstić information content (AvgIpc) is 2.49. The van der Waals surface area contributed by atoms with Crippen molar-refractivity contribution in [3.05, 3.63) is 58.6 Å². The van der Waals surface area contributed by atoms with E-state index in [9.17, 15) is 4.79 Å². The van der Waals surface area contributed by atoms with E-state index in [4.69, 9.17) is 9.84 Å². The van der Waals surface area contributed by atoms with Gasteiger partial charge in [0.25, 0.3) is 5.91 Å². The third-order valence-electron chi connectivity index (χ3n) is 2.86. The minimum absolute atomic E-state index is 0.0452. The van der Waals surface area contributed by atoms with Gasteiger partial charge >= 0.3 is 0 Å². The second kappa shape index (κ2) is 7.81. The van der Waals surface area contributed by atoms with Crippen molar-refractivity contribution in [1.29, 1.82) is 0 Å². The highest BCUT2D eigenvalue weighted by atomic mass is 79.9.